The number of thiol groups is 1. The van der Waals surface area contributed by atoms with Gasteiger partial charge in [-0.25, -0.2) is 0 Å². The van der Waals surface area contributed by atoms with Crippen molar-refractivity contribution in [3.63, 3.8) is 0 Å². The van der Waals surface area contributed by atoms with Gasteiger partial charge in [-0.3, -0.25) is 14.4 Å². The van der Waals surface area contributed by atoms with Crippen molar-refractivity contribution < 1.29 is 29.7 Å². The molecule has 11 heteroatoms. The summed E-state index contributed by atoms with van der Waals surface area (Å²) in [6.07, 6.45) is 7.97. The number of rotatable bonds is 11. The van der Waals surface area contributed by atoms with Crippen LogP contribution in [0.25, 0.3) is 12.2 Å². The maximum absolute atomic E-state index is 12.6. The molecule has 5 heterocycles. The fourth-order valence-corrected chi connectivity index (χ4v) is 7.60. The Kier molecular flexibility index (Phi) is 8.88. The van der Waals surface area contributed by atoms with Gasteiger partial charge in [-0.2, -0.15) is 0 Å². The minimum absolute atomic E-state index is 0.0244. The molecule has 2 saturated heterocycles. The number of amides is 2. The maximum Gasteiger partial charge on any atom is 0.303 e. The van der Waals surface area contributed by atoms with E-state index in [-0.39, 0.29) is 48.6 Å². The molecule has 5 atom stereocenters. The Hall–Kier alpha value is -4.12. The molecule has 1 aromatic rings. The van der Waals surface area contributed by atoms with E-state index in [4.69, 9.17) is 0 Å². The molecule has 5 rings (SSSR count). The smallest absolute Gasteiger partial charge is 0.303 e. The van der Waals surface area contributed by atoms with Crippen LogP contribution in [0.15, 0.2) is 58.4 Å². The molecule has 2 amide bonds. The third-order valence-corrected chi connectivity index (χ3v) is 10.4. The highest BCUT2D eigenvalue weighted by atomic mass is 32.2. The molecular formula is C33H41N4O6S+. The van der Waals surface area contributed by atoms with Crippen molar-refractivity contribution in [2.45, 2.75) is 70.7 Å². The molecule has 1 unspecified atom stereocenters. The van der Waals surface area contributed by atoms with Crippen LogP contribution in [0, 0.1) is 18.8 Å². The number of carboxylic acids is 1. The summed E-state index contributed by atoms with van der Waals surface area (Å²) in [5.41, 5.74) is 8.42. The lowest BCUT2D eigenvalue weighted by Crippen LogP contribution is -2.36. The van der Waals surface area contributed by atoms with Gasteiger partial charge < -0.3 is 36.3 Å². The first-order valence-corrected chi connectivity index (χ1v) is 16.1. The summed E-state index contributed by atoms with van der Waals surface area (Å²) >= 11 is 1.36. The Morgan fingerprint density at radius 1 is 1.05 bits per heavy atom. The number of hydrogen-bond acceptors (Lipinski definition) is 6. The van der Waals surface area contributed by atoms with E-state index < -0.39 is 11.9 Å². The first kappa shape index (κ1) is 31.3. The molecule has 0 aliphatic carbocycles. The lowest BCUT2D eigenvalue weighted by molar-refractivity contribution is -0.137. The Labute approximate surface area is 261 Å². The summed E-state index contributed by atoms with van der Waals surface area (Å²) in [6.45, 7) is 11.6. The molecule has 4 aliphatic heterocycles. The highest BCUT2D eigenvalue weighted by Gasteiger charge is 2.52. The topological polar surface area (TPSA) is 164 Å². The number of nitrogens with one attached hydrogen (secondary N) is 4. The standard InChI is InChI=1S/C33H40N4O6S/c1-6-19-15(2)24(36-33(19)43)11-22-16(3)20(7-9-29(38)39)25(34-22)13-26-21(8-10-30(40)41)17(4)23(35-26)12-27-31(28-14-44-28)18(5)32(42)37-27/h6,9,12-13,18,22,24,28,31,34-35,38-39H,1,7-8,10-11,14H2,2-5H3,(H,36,43)(H,37,42)(H,40,41)/p+1/b25-13-,27-12-/t18-,22?,24-,28-,31-/m1/s1. The summed E-state index contributed by atoms with van der Waals surface area (Å²) < 4.78 is 0. The van der Waals surface area contributed by atoms with Crippen LogP contribution in [0.1, 0.15) is 62.5 Å². The number of carbonyl (C=O) groups is 3. The number of carbonyl (C=O) groups excluding carboxylic acids is 2. The van der Waals surface area contributed by atoms with Gasteiger partial charge in [0.15, 0.2) is 11.0 Å². The normalized spacial score (nSPS) is 28.0. The average molecular weight is 622 g/mol. The van der Waals surface area contributed by atoms with Gasteiger partial charge >= 0.3 is 5.97 Å². The number of aromatic amines is 1. The first-order valence-electron chi connectivity index (χ1n) is 14.9. The summed E-state index contributed by atoms with van der Waals surface area (Å²) in [5.74, 6) is -0.658. The second-order valence-electron chi connectivity index (χ2n) is 12.0. The molecule has 234 valence electrons. The van der Waals surface area contributed by atoms with Crippen molar-refractivity contribution in [2.24, 2.45) is 11.8 Å². The van der Waals surface area contributed by atoms with E-state index in [1.807, 2.05) is 39.8 Å². The Bertz CT molecular complexity index is 1570. The molecule has 10 nitrogen and oxygen atoms in total. The molecular weight excluding hydrogens is 580 g/mol. The zero-order valence-electron chi connectivity index (χ0n) is 25.5. The molecule has 0 bridgehead atoms. The number of carboxylic acid groups (broad SMARTS) is 1. The monoisotopic (exact) mass is 621 g/mol. The van der Waals surface area contributed by atoms with Crippen LogP contribution in [0.2, 0.25) is 0 Å². The number of aliphatic hydroxyl groups excluding tert-OH is 1. The van der Waals surface area contributed by atoms with Crippen molar-refractivity contribution in [2.75, 3.05) is 5.75 Å². The first-order chi connectivity index (χ1) is 20.9. The quantitative estimate of drug-likeness (QED) is 0.0859. The highest BCUT2D eigenvalue weighted by Crippen LogP contribution is 2.39. The highest BCUT2D eigenvalue weighted by molar-refractivity contribution is 7.86. The van der Waals surface area contributed by atoms with Crippen LogP contribution >= 0.6 is 0 Å². The lowest BCUT2D eigenvalue weighted by Gasteiger charge is -2.20. The molecule has 0 spiro atoms. The Morgan fingerprint density at radius 3 is 2.36 bits per heavy atom. The van der Waals surface area contributed by atoms with Crippen LogP contribution in [0.4, 0.5) is 0 Å². The molecule has 1 aromatic heterocycles. The van der Waals surface area contributed by atoms with Crippen LogP contribution in [0.3, 0.4) is 0 Å². The minimum Gasteiger partial charge on any atom is -0.481 e. The van der Waals surface area contributed by atoms with Gasteiger partial charge in [0, 0.05) is 52.8 Å². The fourth-order valence-electron chi connectivity index (χ4n) is 6.60. The Morgan fingerprint density at radius 2 is 1.75 bits per heavy atom. The number of aliphatic hydroxyl groups is 2. The second kappa shape index (κ2) is 12.5. The van der Waals surface area contributed by atoms with Crippen molar-refractivity contribution in [1.29, 1.82) is 0 Å². The number of aliphatic carboxylic acids is 1. The fraction of sp³-hybridized carbons (Fsp3) is 0.424. The maximum atomic E-state index is 12.6. The van der Waals surface area contributed by atoms with Crippen molar-refractivity contribution in [3.05, 3.63) is 80.9 Å². The predicted octanol–water partition coefficient (Wildman–Crippen LogP) is 3.63. The molecule has 4 aliphatic rings. The van der Waals surface area contributed by atoms with E-state index in [2.05, 4.69) is 27.5 Å². The van der Waals surface area contributed by atoms with Gasteiger partial charge in [0.1, 0.15) is 0 Å². The van der Waals surface area contributed by atoms with Crippen LogP contribution in [-0.4, -0.2) is 61.2 Å². The Balaban J connectivity index is 1.52. The summed E-state index contributed by atoms with van der Waals surface area (Å²) in [7, 11) is 0. The number of allylic oxidation sites excluding steroid dienone is 3. The molecule has 0 saturated carbocycles. The van der Waals surface area contributed by atoms with Gasteiger partial charge in [-0.1, -0.05) is 19.6 Å². The minimum atomic E-state index is -0.895. The predicted molar refractivity (Wildman–Crippen MR) is 173 cm³/mol. The summed E-state index contributed by atoms with van der Waals surface area (Å²) in [4.78, 5) is 40.0. The van der Waals surface area contributed by atoms with Crippen LogP contribution < -0.4 is 16.0 Å². The third-order valence-electron chi connectivity index (χ3n) is 9.33. The van der Waals surface area contributed by atoms with E-state index in [1.54, 1.807) is 6.08 Å². The zero-order valence-corrected chi connectivity index (χ0v) is 26.3. The van der Waals surface area contributed by atoms with Crippen molar-refractivity contribution in [1.82, 2.24) is 20.9 Å². The van der Waals surface area contributed by atoms with Gasteiger partial charge in [0.05, 0.1) is 12.0 Å². The molecule has 7 N–H and O–H groups in total. The number of hydrogen-bond donors (Lipinski definition) is 7. The molecule has 44 heavy (non-hydrogen) atoms. The lowest BCUT2D eigenvalue weighted by atomic mass is 9.91. The van der Waals surface area contributed by atoms with Crippen LogP contribution in [-0.2, 0) is 32.6 Å². The van der Waals surface area contributed by atoms with E-state index in [0.29, 0.717) is 23.7 Å². The van der Waals surface area contributed by atoms with Crippen molar-refractivity contribution >= 4 is 41.7 Å². The van der Waals surface area contributed by atoms with E-state index in [0.717, 1.165) is 56.4 Å². The molecule has 0 radical (unpaired) electrons. The second-order valence-corrected chi connectivity index (χ2v) is 13.4. The van der Waals surface area contributed by atoms with Crippen molar-refractivity contribution in [3.8, 4) is 0 Å². The van der Waals surface area contributed by atoms with Gasteiger partial charge in [-0.15, -0.1) is 0 Å². The number of H-pyrrole nitrogens is 1. The van der Waals surface area contributed by atoms with Gasteiger partial charge in [0.25, 0.3) is 11.9 Å². The van der Waals surface area contributed by atoms with Gasteiger partial charge in [-0.05, 0) is 91.8 Å². The third kappa shape index (κ3) is 6.24. The zero-order chi connectivity index (χ0) is 31.9. The van der Waals surface area contributed by atoms with E-state index in [1.165, 1.54) is 17.8 Å². The average Bonchev–Trinajstić information content (AvgIpc) is 3.53. The largest absolute Gasteiger partial charge is 0.481 e. The van der Waals surface area contributed by atoms with E-state index >= 15 is 0 Å². The number of aromatic nitrogens is 1. The molecule has 2 fully saturated rings. The van der Waals surface area contributed by atoms with Gasteiger partial charge in [0.2, 0.25) is 5.91 Å². The van der Waals surface area contributed by atoms with Crippen LogP contribution in [0.5, 0.6) is 0 Å². The SMILES string of the molecule is C=CC1=C(C)[C@@H](CC2N/C(=C\c3[nH]c(/C=C4\NC(=O)[C@H](C)[C@H]4[C@H]4C[SH+]4)c(C)c3CCC(=O)O)C(CC=C(O)O)=C2C)NC1=O. The molecule has 0 aromatic carbocycles. The summed E-state index contributed by atoms with van der Waals surface area (Å²) in [5, 5.41) is 38.7. The van der Waals surface area contributed by atoms with E-state index in [9.17, 15) is 29.7 Å². The summed E-state index contributed by atoms with van der Waals surface area (Å²) in [6, 6.07) is -0.311.